The Bertz CT molecular complexity index is 736. The van der Waals surface area contributed by atoms with Gasteiger partial charge in [0.15, 0.2) is 5.82 Å². The maximum absolute atomic E-state index is 12.5. The molecule has 1 aliphatic rings. The third-order valence-electron chi connectivity index (χ3n) is 4.03. The average Bonchev–Trinajstić information content (AvgIpc) is 2.99. The number of carbonyl (C=O) groups is 1. The van der Waals surface area contributed by atoms with Crippen LogP contribution in [-0.2, 0) is 18.3 Å². The number of amides is 1. The zero-order valence-electron chi connectivity index (χ0n) is 12.6. The molecule has 1 saturated carbocycles. The Morgan fingerprint density at radius 2 is 1.96 bits per heavy atom. The molecule has 1 amide bonds. The highest BCUT2D eigenvalue weighted by Gasteiger charge is 2.39. The van der Waals surface area contributed by atoms with E-state index in [1.54, 1.807) is 0 Å². The maximum atomic E-state index is 12.5. The molecule has 0 bridgehead atoms. The molecule has 2 aromatic rings. The van der Waals surface area contributed by atoms with E-state index in [9.17, 15) is 18.0 Å². The molecule has 6 nitrogen and oxygen atoms in total. The van der Waals surface area contributed by atoms with Crippen LogP contribution < -0.4 is 11.1 Å². The van der Waals surface area contributed by atoms with E-state index in [0.29, 0.717) is 5.82 Å². The first-order valence-corrected chi connectivity index (χ1v) is 7.35. The molecule has 1 aromatic heterocycles. The molecule has 1 aromatic carbocycles. The predicted octanol–water partition coefficient (Wildman–Crippen LogP) is 2.36. The Labute approximate surface area is 135 Å². The number of hydrogen-bond acceptors (Lipinski definition) is 5. The van der Waals surface area contributed by atoms with Crippen molar-refractivity contribution in [3.8, 4) is 0 Å². The summed E-state index contributed by atoms with van der Waals surface area (Å²) in [5.74, 6) is 0.0732. The van der Waals surface area contributed by atoms with Crippen LogP contribution in [0.15, 0.2) is 28.8 Å². The van der Waals surface area contributed by atoms with Gasteiger partial charge in [-0.1, -0.05) is 5.16 Å². The first-order chi connectivity index (χ1) is 11.3. The molecule has 1 fully saturated rings. The summed E-state index contributed by atoms with van der Waals surface area (Å²) in [6.45, 7) is -0.0249. The lowest BCUT2D eigenvalue weighted by molar-refractivity contribution is -0.137. The Morgan fingerprint density at radius 3 is 2.50 bits per heavy atom. The molecule has 9 heteroatoms. The van der Waals surface area contributed by atoms with Gasteiger partial charge in [-0.15, -0.1) is 0 Å². The highest BCUT2D eigenvalue weighted by atomic mass is 19.4. The van der Waals surface area contributed by atoms with Crippen molar-refractivity contribution in [3.05, 3.63) is 47.1 Å². The van der Waals surface area contributed by atoms with Crippen molar-refractivity contribution in [3.63, 3.8) is 0 Å². The highest BCUT2D eigenvalue weighted by molar-refractivity contribution is 5.94. The fraction of sp³-hybridized carbons (Fsp3) is 0.400. The fourth-order valence-electron chi connectivity index (χ4n) is 2.38. The largest absolute Gasteiger partial charge is 0.416 e. The van der Waals surface area contributed by atoms with Crippen LogP contribution in [0, 0.1) is 0 Å². The summed E-state index contributed by atoms with van der Waals surface area (Å²) in [6.07, 6.45) is -1.87. The number of nitrogens with two attached hydrogens (primary N) is 1. The lowest BCUT2D eigenvalue weighted by atomic mass is 9.77. The van der Waals surface area contributed by atoms with Crippen LogP contribution in [0.3, 0.4) is 0 Å². The van der Waals surface area contributed by atoms with Gasteiger partial charge < -0.3 is 15.6 Å². The van der Waals surface area contributed by atoms with Gasteiger partial charge in [-0.05, 0) is 43.5 Å². The zero-order valence-corrected chi connectivity index (χ0v) is 12.6. The molecule has 0 unspecified atom stereocenters. The Hall–Kier alpha value is -2.42. The van der Waals surface area contributed by atoms with Crippen molar-refractivity contribution in [2.45, 2.75) is 37.5 Å². The topological polar surface area (TPSA) is 94.0 Å². The van der Waals surface area contributed by atoms with Crippen molar-refractivity contribution >= 4 is 5.91 Å². The number of nitrogens with zero attached hydrogens (tertiary/aromatic N) is 2. The predicted molar refractivity (Wildman–Crippen MR) is 76.6 cm³/mol. The van der Waals surface area contributed by atoms with Crippen molar-refractivity contribution in [2.24, 2.45) is 5.73 Å². The summed E-state index contributed by atoms with van der Waals surface area (Å²) in [5.41, 5.74) is 4.81. The second-order valence-electron chi connectivity index (χ2n) is 5.78. The molecule has 3 rings (SSSR count). The SMILES string of the molecule is NC1(c2noc(CNC(=O)c3ccc(C(F)(F)F)cc3)n2)CCC1. The number of nitrogens with one attached hydrogen (secondary N) is 1. The summed E-state index contributed by atoms with van der Waals surface area (Å²) >= 11 is 0. The standard InChI is InChI=1S/C15H15F3N4O2/c16-15(17,18)10-4-2-9(3-5-10)12(23)20-8-11-21-13(22-24-11)14(19)6-1-7-14/h2-5H,1,6-8,19H2,(H,20,23). The number of carbonyl (C=O) groups excluding carboxylic acids is 1. The van der Waals surface area contributed by atoms with Crippen LogP contribution in [0.1, 0.15) is 46.9 Å². The summed E-state index contributed by atoms with van der Waals surface area (Å²) < 4.78 is 42.5. The van der Waals surface area contributed by atoms with Gasteiger partial charge in [0.05, 0.1) is 17.6 Å². The summed E-state index contributed by atoms with van der Waals surface area (Å²) in [5, 5.41) is 6.33. The van der Waals surface area contributed by atoms with Crippen LogP contribution in [0.4, 0.5) is 13.2 Å². The molecule has 3 N–H and O–H groups in total. The molecule has 128 valence electrons. The van der Waals surface area contributed by atoms with Gasteiger partial charge in [0.1, 0.15) is 0 Å². The summed E-state index contributed by atoms with van der Waals surface area (Å²) in [7, 11) is 0. The van der Waals surface area contributed by atoms with Gasteiger partial charge in [0.2, 0.25) is 5.89 Å². The van der Waals surface area contributed by atoms with Crippen LogP contribution in [-0.4, -0.2) is 16.0 Å². The number of aromatic nitrogens is 2. The van der Waals surface area contributed by atoms with Crippen molar-refractivity contribution < 1.29 is 22.5 Å². The second kappa shape index (κ2) is 5.90. The molecule has 0 saturated heterocycles. The van der Waals surface area contributed by atoms with E-state index in [2.05, 4.69) is 15.5 Å². The summed E-state index contributed by atoms with van der Waals surface area (Å²) in [4.78, 5) is 16.1. The first kappa shape index (κ1) is 16.4. The van der Waals surface area contributed by atoms with Crippen LogP contribution in [0.5, 0.6) is 0 Å². The van der Waals surface area contributed by atoms with E-state index in [4.69, 9.17) is 10.3 Å². The monoisotopic (exact) mass is 340 g/mol. The lowest BCUT2D eigenvalue weighted by Crippen LogP contribution is -2.44. The van der Waals surface area contributed by atoms with Gasteiger partial charge >= 0.3 is 6.18 Å². The third-order valence-corrected chi connectivity index (χ3v) is 4.03. The Morgan fingerprint density at radius 1 is 1.29 bits per heavy atom. The smallest absolute Gasteiger partial charge is 0.343 e. The van der Waals surface area contributed by atoms with Crippen LogP contribution in [0.2, 0.25) is 0 Å². The molecule has 1 aliphatic carbocycles. The molecule has 0 spiro atoms. The molecular weight excluding hydrogens is 325 g/mol. The number of hydrogen-bond donors (Lipinski definition) is 2. The summed E-state index contributed by atoms with van der Waals surface area (Å²) in [6, 6.07) is 3.93. The van der Waals surface area contributed by atoms with Crippen molar-refractivity contribution in [2.75, 3.05) is 0 Å². The molecule has 24 heavy (non-hydrogen) atoms. The molecular formula is C15H15F3N4O2. The van der Waals surface area contributed by atoms with E-state index in [1.807, 2.05) is 0 Å². The Balaban J connectivity index is 1.59. The number of benzene rings is 1. The average molecular weight is 340 g/mol. The Kier molecular flexibility index (Phi) is 4.04. The first-order valence-electron chi connectivity index (χ1n) is 7.35. The lowest BCUT2D eigenvalue weighted by Gasteiger charge is -2.34. The third kappa shape index (κ3) is 3.25. The quantitative estimate of drug-likeness (QED) is 0.891. The molecule has 0 radical (unpaired) electrons. The van der Waals surface area contributed by atoms with E-state index in [1.165, 1.54) is 0 Å². The van der Waals surface area contributed by atoms with Crippen LogP contribution >= 0.6 is 0 Å². The van der Waals surface area contributed by atoms with Crippen LogP contribution in [0.25, 0.3) is 0 Å². The minimum atomic E-state index is -4.44. The molecule has 0 aliphatic heterocycles. The van der Waals surface area contributed by atoms with E-state index in [0.717, 1.165) is 43.5 Å². The zero-order chi connectivity index (χ0) is 17.4. The van der Waals surface area contributed by atoms with Gasteiger partial charge in [-0.2, -0.15) is 18.2 Å². The second-order valence-corrected chi connectivity index (χ2v) is 5.78. The van der Waals surface area contributed by atoms with Gasteiger partial charge in [0, 0.05) is 5.56 Å². The highest BCUT2D eigenvalue weighted by Crippen LogP contribution is 2.36. The number of alkyl halides is 3. The fourth-order valence-corrected chi connectivity index (χ4v) is 2.38. The number of halogens is 3. The van der Waals surface area contributed by atoms with E-state index < -0.39 is 23.2 Å². The minimum Gasteiger partial charge on any atom is -0.343 e. The minimum absolute atomic E-state index is 0.0249. The van der Waals surface area contributed by atoms with Gasteiger partial charge in [0.25, 0.3) is 5.91 Å². The van der Waals surface area contributed by atoms with E-state index in [-0.39, 0.29) is 18.0 Å². The van der Waals surface area contributed by atoms with Crippen molar-refractivity contribution in [1.29, 1.82) is 0 Å². The van der Waals surface area contributed by atoms with E-state index >= 15 is 0 Å². The molecule has 1 heterocycles. The number of rotatable bonds is 4. The van der Waals surface area contributed by atoms with Gasteiger partial charge in [-0.3, -0.25) is 4.79 Å². The molecule has 0 atom stereocenters. The van der Waals surface area contributed by atoms with Gasteiger partial charge in [-0.25, -0.2) is 0 Å². The maximum Gasteiger partial charge on any atom is 0.416 e. The van der Waals surface area contributed by atoms with Crippen molar-refractivity contribution in [1.82, 2.24) is 15.5 Å². The normalized spacial score (nSPS) is 16.5.